The van der Waals surface area contributed by atoms with Crippen molar-refractivity contribution in [2.24, 2.45) is 5.73 Å². The van der Waals surface area contributed by atoms with Gasteiger partial charge < -0.3 is 11.1 Å². The number of aromatic nitrogens is 3. The summed E-state index contributed by atoms with van der Waals surface area (Å²) in [5.41, 5.74) is 5.99. The highest BCUT2D eigenvalue weighted by Gasteiger charge is 2.08. The molecule has 0 saturated heterocycles. The van der Waals surface area contributed by atoms with Crippen molar-refractivity contribution in [1.82, 2.24) is 14.8 Å². The Hall–Kier alpha value is -2.22. The Morgan fingerprint density at radius 3 is 2.95 bits per heavy atom. The number of carbonyl (C=O) groups is 2. The first-order valence-corrected chi connectivity index (χ1v) is 6.07. The molecule has 19 heavy (non-hydrogen) atoms. The maximum absolute atomic E-state index is 11.9. The SMILES string of the molecule is NC(=O)Cn1cc(NC(=O)c2ccnc(Br)c2)cn1. The molecule has 0 atom stereocenters. The van der Waals surface area contributed by atoms with E-state index in [-0.39, 0.29) is 12.5 Å². The minimum Gasteiger partial charge on any atom is -0.368 e. The summed E-state index contributed by atoms with van der Waals surface area (Å²) in [5, 5.41) is 6.56. The van der Waals surface area contributed by atoms with Gasteiger partial charge in [-0.1, -0.05) is 0 Å². The van der Waals surface area contributed by atoms with Crippen LogP contribution in [0.25, 0.3) is 0 Å². The largest absolute Gasteiger partial charge is 0.368 e. The van der Waals surface area contributed by atoms with Crippen LogP contribution in [0.5, 0.6) is 0 Å². The lowest BCUT2D eigenvalue weighted by Crippen LogP contribution is -2.18. The smallest absolute Gasteiger partial charge is 0.255 e. The van der Waals surface area contributed by atoms with Crippen molar-refractivity contribution in [3.8, 4) is 0 Å². The summed E-state index contributed by atoms with van der Waals surface area (Å²) in [5.74, 6) is -0.791. The van der Waals surface area contributed by atoms with Crippen molar-refractivity contribution >= 4 is 33.4 Å². The first-order chi connectivity index (χ1) is 9.04. The first kappa shape index (κ1) is 13.2. The van der Waals surface area contributed by atoms with Crippen LogP contribution in [0.2, 0.25) is 0 Å². The number of amides is 2. The Morgan fingerprint density at radius 1 is 1.47 bits per heavy atom. The number of nitrogens with zero attached hydrogens (tertiary/aromatic N) is 3. The number of anilines is 1. The normalized spacial score (nSPS) is 10.2. The second-order valence-electron chi connectivity index (χ2n) is 3.71. The maximum Gasteiger partial charge on any atom is 0.255 e. The number of hydrogen-bond donors (Lipinski definition) is 2. The number of nitrogens with one attached hydrogen (secondary N) is 1. The average Bonchev–Trinajstić information content (AvgIpc) is 2.75. The highest BCUT2D eigenvalue weighted by atomic mass is 79.9. The summed E-state index contributed by atoms with van der Waals surface area (Å²) in [4.78, 5) is 26.6. The van der Waals surface area contributed by atoms with Gasteiger partial charge in [0.15, 0.2) is 0 Å². The molecule has 0 radical (unpaired) electrons. The van der Waals surface area contributed by atoms with Gasteiger partial charge in [0.1, 0.15) is 11.1 Å². The summed E-state index contributed by atoms with van der Waals surface area (Å²) in [6.07, 6.45) is 4.49. The molecular weight excluding hydrogens is 314 g/mol. The third-order valence-corrected chi connectivity index (χ3v) is 2.63. The molecule has 2 aromatic heterocycles. The molecule has 0 aliphatic rings. The molecule has 7 nitrogen and oxygen atoms in total. The topological polar surface area (TPSA) is 103 Å². The summed E-state index contributed by atoms with van der Waals surface area (Å²) >= 11 is 3.19. The van der Waals surface area contributed by atoms with Crippen molar-refractivity contribution in [2.75, 3.05) is 5.32 Å². The monoisotopic (exact) mass is 323 g/mol. The lowest BCUT2D eigenvalue weighted by molar-refractivity contribution is -0.118. The molecule has 8 heteroatoms. The second-order valence-corrected chi connectivity index (χ2v) is 4.53. The molecule has 0 bridgehead atoms. The fourth-order valence-electron chi connectivity index (χ4n) is 1.42. The molecule has 3 N–H and O–H groups in total. The van der Waals surface area contributed by atoms with Gasteiger partial charge >= 0.3 is 0 Å². The minimum atomic E-state index is -0.501. The zero-order valence-corrected chi connectivity index (χ0v) is 11.3. The Kier molecular flexibility index (Phi) is 3.91. The Labute approximate surface area is 116 Å². The van der Waals surface area contributed by atoms with Gasteiger partial charge in [-0.25, -0.2) is 4.98 Å². The molecule has 2 amide bonds. The average molecular weight is 324 g/mol. The number of carbonyl (C=O) groups excluding carboxylic acids is 2. The van der Waals surface area contributed by atoms with Crippen molar-refractivity contribution < 1.29 is 9.59 Å². The van der Waals surface area contributed by atoms with E-state index in [2.05, 4.69) is 31.3 Å². The summed E-state index contributed by atoms with van der Waals surface area (Å²) < 4.78 is 1.92. The van der Waals surface area contributed by atoms with E-state index >= 15 is 0 Å². The molecule has 0 fully saturated rings. The number of pyridine rings is 1. The maximum atomic E-state index is 11.9. The van der Waals surface area contributed by atoms with Gasteiger partial charge in [0.25, 0.3) is 5.91 Å². The van der Waals surface area contributed by atoms with Gasteiger partial charge in [-0.2, -0.15) is 5.10 Å². The molecule has 2 heterocycles. The Morgan fingerprint density at radius 2 is 2.26 bits per heavy atom. The Bertz CT molecular complexity index is 625. The summed E-state index contributed by atoms with van der Waals surface area (Å²) in [7, 11) is 0. The van der Waals surface area contributed by atoms with E-state index in [0.29, 0.717) is 15.9 Å². The van der Waals surface area contributed by atoms with E-state index in [4.69, 9.17) is 5.73 Å². The van der Waals surface area contributed by atoms with Crippen LogP contribution in [0, 0.1) is 0 Å². The molecule has 2 aromatic rings. The second kappa shape index (κ2) is 5.61. The zero-order valence-electron chi connectivity index (χ0n) is 9.71. The number of halogens is 1. The highest BCUT2D eigenvalue weighted by Crippen LogP contribution is 2.11. The van der Waals surface area contributed by atoms with E-state index in [1.165, 1.54) is 23.3 Å². The van der Waals surface area contributed by atoms with Crippen LogP contribution in [0.15, 0.2) is 35.3 Å². The predicted octanol–water partition coefficient (Wildman–Crippen LogP) is 0.778. The molecule has 0 aromatic carbocycles. The fraction of sp³-hybridized carbons (Fsp3) is 0.0909. The van der Waals surface area contributed by atoms with Gasteiger partial charge in [-0.15, -0.1) is 0 Å². The lowest BCUT2D eigenvalue weighted by atomic mass is 10.2. The standard InChI is InChI=1S/C11H10BrN5O2/c12-9-3-7(1-2-14-9)11(19)16-8-4-15-17(5-8)6-10(13)18/h1-5H,6H2,(H2,13,18)(H,16,19). The third-order valence-electron chi connectivity index (χ3n) is 2.20. The molecule has 0 aliphatic heterocycles. The molecule has 2 rings (SSSR count). The van der Waals surface area contributed by atoms with Gasteiger partial charge in [0.2, 0.25) is 5.91 Å². The molecular formula is C11H10BrN5O2. The van der Waals surface area contributed by atoms with E-state index in [9.17, 15) is 9.59 Å². The van der Waals surface area contributed by atoms with Crippen molar-refractivity contribution in [2.45, 2.75) is 6.54 Å². The van der Waals surface area contributed by atoms with Crippen LogP contribution in [0.4, 0.5) is 5.69 Å². The molecule has 98 valence electrons. The van der Waals surface area contributed by atoms with Gasteiger partial charge in [0.05, 0.1) is 11.9 Å². The van der Waals surface area contributed by atoms with Crippen molar-refractivity contribution in [3.05, 3.63) is 40.9 Å². The molecule has 0 aliphatic carbocycles. The van der Waals surface area contributed by atoms with Crippen LogP contribution in [0.1, 0.15) is 10.4 Å². The van der Waals surface area contributed by atoms with E-state index in [0.717, 1.165) is 0 Å². The number of rotatable bonds is 4. The molecule has 0 saturated carbocycles. The summed E-state index contributed by atoms with van der Waals surface area (Å²) in [6.45, 7) is -0.0311. The van der Waals surface area contributed by atoms with E-state index < -0.39 is 5.91 Å². The van der Waals surface area contributed by atoms with Crippen LogP contribution >= 0.6 is 15.9 Å². The van der Waals surface area contributed by atoms with Crippen molar-refractivity contribution in [1.29, 1.82) is 0 Å². The van der Waals surface area contributed by atoms with Gasteiger partial charge in [-0.3, -0.25) is 14.3 Å². The van der Waals surface area contributed by atoms with Crippen LogP contribution < -0.4 is 11.1 Å². The quantitative estimate of drug-likeness (QED) is 0.811. The van der Waals surface area contributed by atoms with Crippen LogP contribution in [-0.4, -0.2) is 26.6 Å². The number of hydrogen-bond acceptors (Lipinski definition) is 4. The van der Waals surface area contributed by atoms with Crippen molar-refractivity contribution in [3.63, 3.8) is 0 Å². The fourth-order valence-corrected chi connectivity index (χ4v) is 1.79. The molecule has 0 unspecified atom stereocenters. The van der Waals surface area contributed by atoms with E-state index in [1.807, 2.05) is 0 Å². The zero-order chi connectivity index (χ0) is 13.8. The summed E-state index contributed by atoms with van der Waals surface area (Å²) in [6, 6.07) is 3.19. The van der Waals surface area contributed by atoms with Gasteiger partial charge in [-0.05, 0) is 28.1 Å². The number of nitrogens with two attached hydrogens (primary N) is 1. The predicted molar refractivity (Wildman–Crippen MR) is 71.3 cm³/mol. The highest BCUT2D eigenvalue weighted by molar-refractivity contribution is 9.10. The van der Waals surface area contributed by atoms with Crippen LogP contribution in [0.3, 0.4) is 0 Å². The Balaban J connectivity index is 2.06. The first-order valence-electron chi connectivity index (χ1n) is 5.28. The molecule has 0 spiro atoms. The van der Waals surface area contributed by atoms with E-state index in [1.54, 1.807) is 12.1 Å². The third kappa shape index (κ3) is 3.62. The lowest BCUT2D eigenvalue weighted by Gasteiger charge is -2.02. The van der Waals surface area contributed by atoms with Gasteiger partial charge in [0, 0.05) is 18.0 Å². The van der Waals surface area contributed by atoms with Crippen LogP contribution in [-0.2, 0) is 11.3 Å². The minimum absolute atomic E-state index is 0.0311. The number of primary amides is 1.